The molecular weight excluding hydrogens is 172 g/mol. The molecule has 0 N–H and O–H groups in total. The SMILES string of the molecule is FC(F)c1cc2ccccc2[c]n1. The topological polar surface area (TPSA) is 12.9 Å². The van der Waals surface area contributed by atoms with E-state index in [0.717, 1.165) is 10.8 Å². The van der Waals surface area contributed by atoms with Gasteiger partial charge in [0.1, 0.15) is 5.69 Å². The Morgan fingerprint density at radius 2 is 2.00 bits per heavy atom. The fraction of sp³-hybridized carbons (Fsp3) is 0.100. The summed E-state index contributed by atoms with van der Waals surface area (Å²) in [6.07, 6.45) is 0.0438. The Labute approximate surface area is 74.0 Å². The zero-order chi connectivity index (χ0) is 9.26. The zero-order valence-electron chi connectivity index (χ0n) is 6.67. The van der Waals surface area contributed by atoms with Gasteiger partial charge in [-0.2, -0.15) is 0 Å². The van der Waals surface area contributed by atoms with E-state index in [1.807, 2.05) is 6.07 Å². The monoisotopic (exact) mass is 178 g/mol. The van der Waals surface area contributed by atoms with Crippen LogP contribution in [0.2, 0.25) is 0 Å². The number of halogens is 2. The Kier molecular flexibility index (Phi) is 1.93. The van der Waals surface area contributed by atoms with E-state index < -0.39 is 6.43 Å². The summed E-state index contributed by atoms with van der Waals surface area (Å²) in [5.41, 5.74) is -0.223. The molecule has 1 heterocycles. The molecule has 1 nitrogen and oxygen atoms in total. The average Bonchev–Trinajstić information content (AvgIpc) is 2.17. The predicted octanol–water partition coefficient (Wildman–Crippen LogP) is 2.97. The summed E-state index contributed by atoms with van der Waals surface area (Å²) >= 11 is 0. The third-order valence-corrected chi connectivity index (χ3v) is 1.79. The Morgan fingerprint density at radius 1 is 1.23 bits per heavy atom. The lowest BCUT2D eigenvalue weighted by Crippen LogP contribution is -1.89. The molecule has 2 rings (SSSR count). The highest BCUT2D eigenvalue weighted by atomic mass is 19.3. The maximum Gasteiger partial charge on any atom is 0.280 e. The van der Waals surface area contributed by atoms with Crippen molar-refractivity contribution in [2.75, 3.05) is 0 Å². The van der Waals surface area contributed by atoms with Gasteiger partial charge in [0.05, 0.1) is 6.20 Å². The van der Waals surface area contributed by atoms with Crippen LogP contribution in [0.25, 0.3) is 10.8 Å². The van der Waals surface area contributed by atoms with Gasteiger partial charge < -0.3 is 0 Å². The Balaban J connectivity index is 2.62. The van der Waals surface area contributed by atoms with Crippen LogP contribution in [-0.2, 0) is 0 Å². The lowest BCUT2D eigenvalue weighted by molar-refractivity contribution is 0.146. The number of pyridine rings is 1. The quantitative estimate of drug-likeness (QED) is 0.654. The third-order valence-electron chi connectivity index (χ3n) is 1.79. The first kappa shape index (κ1) is 8.10. The largest absolute Gasteiger partial charge is 0.280 e. The van der Waals surface area contributed by atoms with Gasteiger partial charge in [-0.1, -0.05) is 24.3 Å². The van der Waals surface area contributed by atoms with Crippen LogP contribution < -0.4 is 0 Å². The zero-order valence-corrected chi connectivity index (χ0v) is 6.67. The van der Waals surface area contributed by atoms with Crippen LogP contribution in [0.1, 0.15) is 12.1 Å². The summed E-state index contributed by atoms with van der Waals surface area (Å²) in [5, 5.41) is 1.50. The molecule has 1 radical (unpaired) electrons. The Bertz CT molecular complexity index is 426. The maximum absolute atomic E-state index is 12.2. The number of aromatic nitrogens is 1. The third kappa shape index (κ3) is 1.49. The second kappa shape index (κ2) is 3.09. The molecular formula is C10H6F2N. The van der Waals surface area contributed by atoms with Crippen LogP contribution in [0.4, 0.5) is 8.78 Å². The minimum atomic E-state index is -2.53. The van der Waals surface area contributed by atoms with Crippen molar-refractivity contribution in [1.29, 1.82) is 0 Å². The number of fused-ring (bicyclic) bond motifs is 1. The molecule has 0 saturated heterocycles. The fourth-order valence-electron chi connectivity index (χ4n) is 1.15. The van der Waals surface area contributed by atoms with Crippen molar-refractivity contribution in [3.63, 3.8) is 0 Å². The van der Waals surface area contributed by atoms with Gasteiger partial charge in [-0.05, 0) is 11.5 Å². The van der Waals surface area contributed by atoms with E-state index >= 15 is 0 Å². The van der Waals surface area contributed by atoms with Crippen LogP contribution in [-0.4, -0.2) is 4.98 Å². The summed E-state index contributed by atoms with van der Waals surface area (Å²) in [4.78, 5) is 3.53. The van der Waals surface area contributed by atoms with Crippen LogP contribution in [0.3, 0.4) is 0 Å². The normalized spacial score (nSPS) is 11.0. The van der Waals surface area contributed by atoms with Crippen molar-refractivity contribution in [3.05, 3.63) is 42.2 Å². The van der Waals surface area contributed by atoms with E-state index in [0.29, 0.717) is 0 Å². The lowest BCUT2D eigenvalue weighted by atomic mass is 10.1. The first-order chi connectivity index (χ1) is 6.27. The van der Waals surface area contributed by atoms with Crippen LogP contribution in [0.5, 0.6) is 0 Å². The highest BCUT2D eigenvalue weighted by Gasteiger charge is 2.08. The van der Waals surface area contributed by atoms with Crippen LogP contribution >= 0.6 is 0 Å². The molecule has 3 heteroatoms. The van der Waals surface area contributed by atoms with Gasteiger partial charge in [0.25, 0.3) is 6.43 Å². The molecule has 0 bridgehead atoms. The average molecular weight is 178 g/mol. The van der Waals surface area contributed by atoms with E-state index in [-0.39, 0.29) is 5.69 Å². The molecule has 0 atom stereocenters. The number of benzene rings is 1. The molecule has 0 saturated carbocycles. The van der Waals surface area contributed by atoms with Crippen molar-refractivity contribution in [2.24, 2.45) is 0 Å². The van der Waals surface area contributed by atoms with Crippen LogP contribution in [0.15, 0.2) is 30.3 Å². The van der Waals surface area contributed by atoms with Gasteiger partial charge in [-0.25, -0.2) is 13.8 Å². The summed E-state index contributed by atoms with van der Waals surface area (Å²) in [6.45, 7) is 0. The van der Waals surface area contributed by atoms with Crippen molar-refractivity contribution in [1.82, 2.24) is 4.98 Å². The van der Waals surface area contributed by atoms with E-state index in [9.17, 15) is 8.78 Å². The standard InChI is InChI=1S/C10H6F2N/c11-10(12)9-5-7-3-1-2-4-8(7)6-13-9/h1-5,10H. The Hall–Kier alpha value is -1.51. The van der Waals surface area contributed by atoms with Gasteiger partial charge in [0, 0.05) is 5.39 Å². The summed E-state index contributed by atoms with van der Waals surface area (Å²) in [5.74, 6) is 0. The van der Waals surface area contributed by atoms with Crippen molar-refractivity contribution >= 4 is 10.8 Å². The highest BCUT2D eigenvalue weighted by Crippen LogP contribution is 2.20. The van der Waals surface area contributed by atoms with Gasteiger partial charge in [0.15, 0.2) is 0 Å². The van der Waals surface area contributed by atoms with Crippen molar-refractivity contribution in [3.8, 4) is 0 Å². The number of alkyl halides is 2. The van der Waals surface area contributed by atoms with E-state index in [4.69, 9.17) is 0 Å². The molecule has 0 aliphatic carbocycles. The molecule has 1 aromatic heterocycles. The number of hydrogen-bond acceptors (Lipinski definition) is 1. The molecule has 0 unspecified atom stereocenters. The second-order valence-electron chi connectivity index (χ2n) is 2.68. The first-order valence-electron chi connectivity index (χ1n) is 3.83. The minimum Gasteiger partial charge on any atom is -0.244 e. The molecule has 0 spiro atoms. The smallest absolute Gasteiger partial charge is 0.244 e. The molecule has 0 aliphatic rings. The van der Waals surface area contributed by atoms with Gasteiger partial charge in [-0.15, -0.1) is 0 Å². The maximum atomic E-state index is 12.2. The number of rotatable bonds is 1. The molecule has 65 valence electrons. The highest BCUT2D eigenvalue weighted by molar-refractivity contribution is 5.81. The number of hydrogen-bond donors (Lipinski definition) is 0. The minimum absolute atomic E-state index is 0.223. The predicted molar refractivity (Wildman–Crippen MR) is 45.5 cm³/mol. The first-order valence-corrected chi connectivity index (χ1v) is 3.83. The van der Waals surface area contributed by atoms with E-state index in [1.165, 1.54) is 6.07 Å². The van der Waals surface area contributed by atoms with Gasteiger partial charge >= 0.3 is 0 Å². The van der Waals surface area contributed by atoms with Crippen LogP contribution in [0, 0.1) is 6.20 Å². The fourth-order valence-corrected chi connectivity index (χ4v) is 1.15. The van der Waals surface area contributed by atoms with Gasteiger partial charge in [0.2, 0.25) is 0 Å². The molecule has 0 aliphatic heterocycles. The van der Waals surface area contributed by atoms with Crippen molar-refractivity contribution in [2.45, 2.75) is 6.43 Å². The summed E-state index contributed by atoms with van der Waals surface area (Å²) in [7, 11) is 0. The molecule has 0 fully saturated rings. The van der Waals surface area contributed by atoms with Crippen molar-refractivity contribution < 1.29 is 8.78 Å². The molecule has 13 heavy (non-hydrogen) atoms. The summed E-state index contributed by atoms with van der Waals surface area (Å²) < 4.78 is 24.4. The summed E-state index contributed by atoms with van der Waals surface area (Å²) in [6, 6.07) is 8.56. The Morgan fingerprint density at radius 3 is 2.77 bits per heavy atom. The lowest BCUT2D eigenvalue weighted by Gasteiger charge is -1.99. The number of nitrogens with zero attached hydrogens (tertiary/aromatic N) is 1. The molecule has 2 aromatic rings. The second-order valence-corrected chi connectivity index (χ2v) is 2.68. The van der Waals surface area contributed by atoms with E-state index in [2.05, 4.69) is 11.2 Å². The van der Waals surface area contributed by atoms with E-state index in [1.54, 1.807) is 18.2 Å². The van der Waals surface area contributed by atoms with Gasteiger partial charge in [-0.3, -0.25) is 0 Å². The molecule has 0 amide bonds. The molecule has 1 aromatic carbocycles.